The van der Waals surface area contributed by atoms with Crippen LogP contribution in [0.15, 0.2) is 59.1 Å². The second-order valence-corrected chi connectivity index (χ2v) is 4.73. The summed E-state index contributed by atoms with van der Waals surface area (Å²) in [6, 6.07) is 17.6. The fourth-order valence-corrected chi connectivity index (χ4v) is 1.84. The standard InChI is InChI=1S/C14H14BrNO/c15-12-8-6-11(7-9-12)14(17)10-16-13-4-2-1-3-5-13/h1-9,14,16-17H,10H2. The van der Waals surface area contributed by atoms with Crippen molar-refractivity contribution in [1.29, 1.82) is 0 Å². The largest absolute Gasteiger partial charge is 0.387 e. The molecule has 0 aliphatic heterocycles. The summed E-state index contributed by atoms with van der Waals surface area (Å²) in [5, 5.41) is 13.2. The van der Waals surface area contributed by atoms with Crippen molar-refractivity contribution < 1.29 is 5.11 Å². The van der Waals surface area contributed by atoms with Crippen LogP contribution >= 0.6 is 15.9 Å². The molecule has 1 unspecified atom stereocenters. The lowest BCUT2D eigenvalue weighted by Gasteiger charge is -2.13. The van der Waals surface area contributed by atoms with Crippen LogP contribution in [0, 0.1) is 0 Å². The highest BCUT2D eigenvalue weighted by Gasteiger charge is 2.06. The Morgan fingerprint density at radius 2 is 1.65 bits per heavy atom. The van der Waals surface area contributed by atoms with Crippen LogP contribution in [0.5, 0.6) is 0 Å². The van der Waals surface area contributed by atoms with Crippen molar-refractivity contribution in [1.82, 2.24) is 0 Å². The van der Waals surface area contributed by atoms with Crippen molar-refractivity contribution in [2.24, 2.45) is 0 Å². The van der Waals surface area contributed by atoms with Crippen LogP contribution in [-0.4, -0.2) is 11.7 Å². The van der Waals surface area contributed by atoms with Gasteiger partial charge in [0.2, 0.25) is 0 Å². The molecule has 0 aromatic heterocycles. The van der Waals surface area contributed by atoms with Crippen LogP contribution in [0.3, 0.4) is 0 Å². The Morgan fingerprint density at radius 3 is 2.29 bits per heavy atom. The van der Waals surface area contributed by atoms with Gasteiger partial charge in [-0.15, -0.1) is 0 Å². The third-order valence-corrected chi connectivity index (χ3v) is 3.06. The molecule has 2 aromatic rings. The van der Waals surface area contributed by atoms with Gasteiger partial charge >= 0.3 is 0 Å². The molecule has 2 nitrogen and oxygen atoms in total. The molecule has 88 valence electrons. The first-order valence-electron chi connectivity index (χ1n) is 5.48. The lowest BCUT2D eigenvalue weighted by atomic mass is 10.1. The number of nitrogens with one attached hydrogen (secondary N) is 1. The summed E-state index contributed by atoms with van der Waals surface area (Å²) in [4.78, 5) is 0. The third kappa shape index (κ3) is 3.58. The van der Waals surface area contributed by atoms with Crippen molar-refractivity contribution in [3.8, 4) is 0 Å². The molecule has 0 fully saturated rings. The van der Waals surface area contributed by atoms with Crippen LogP contribution < -0.4 is 5.32 Å². The van der Waals surface area contributed by atoms with E-state index in [1.165, 1.54) is 0 Å². The number of aliphatic hydroxyl groups is 1. The molecule has 3 heteroatoms. The van der Waals surface area contributed by atoms with Gasteiger partial charge in [0.15, 0.2) is 0 Å². The molecule has 2 N–H and O–H groups in total. The van der Waals surface area contributed by atoms with Crippen molar-refractivity contribution in [3.05, 3.63) is 64.6 Å². The highest BCUT2D eigenvalue weighted by atomic mass is 79.9. The molecule has 0 heterocycles. The summed E-state index contributed by atoms with van der Waals surface area (Å²) >= 11 is 3.37. The van der Waals surface area contributed by atoms with Gasteiger partial charge in [-0.3, -0.25) is 0 Å². The maximum Gasteiger partial charge on any atom is 0.0962 e. The van der Waals surface area contributed by atoms with E-state index in [1.54, 1.807) is 0 Å². The van der Waals surface area contributed by atoms with E-state index < -0.39 is 6.10 Å². The first kappa shape index (κ1) is 12.1. The predicted molar refractivity (Wildman–Crippen MR) is 74.0 cm³/mol. The van der Waals surface area contributed by atoms with Crippen molar-refractivity contribution in [2.75, 3.05) is 11.9 Å². The first-order chi connectivity index (χ1) is 8.25. The van der Waals surface area contributed by atoms with Crippen molar-refractivity contribution in [3.63, 3.8) is 0 Å². The molecule has 0 saturated heterocycles. The summed E-state index contributed by atoms with van der Waals surface area (Å²) in [7, 11) is 0. The van der Waals surface area contributed by atoms with Gasteiger partial charge in [0.25, 0.3) is 0 Å². The fraction of sp³-hybridized carbons (Fsp3) is 0.143. The Morgan fingerprint density at radius 1 is 1.00 bits per heavy atom. The van der Waals surface area contributed by atoms with Gasteiger partial charge in [0.05, 0.1) is 6.10 Å². The highest BCUT2D eigenvalue weighted by Crippen LogP contribution is 2.17. The smallest absolute Gasteiger partial charge is 0.0962 e. The van der Waals surface area contributed by atoms with Crippen molar-refractivity contribution >= 4 is 21.6 Å². The second-order valence-electron chi connectivity index (χ2n) is 3.81. The summed E-state index contributed by atoms with van der Waals surface area (Å²) in [5.41, 5.74) is 1.93. The number of hydrogen-bond acceptors (Lipinski definition) is 2. The van der Waals surface area contributed by atoms with Gasteiger partial charge in [-0.2, -0.15) is 0 Å². The molecule has 0 aliphatic carbocycles. The Kier molecular flexibility index (Phi) is 4.18. The van der Waals surface area contributed by atoms with Crippen molar-refractivity contribution in [2.45, 2.75) is 6.10 Å². The maximum atomic E-state index is 9.99. The van der Waals surface area contributed by atoms with Crippen LogP contribution in [0.1, 0.15) is 11.7 Å². The summed E-state index contributed by atoms with van der Waals surface area (Å²) < 4.78 is 1.02. The third-order valence-electron chi connectivity index (χ3n) is 2.53. The van der Waals surface area contributed by atoms with Crippen LogP contribution in [-0.2, 0) is 0 Å². The predicted octanol–water partition coefficient (Wildman–Crippen LogP) is 3.59. The Labute approximate surface area is 109 Å². The molecule has 0 spiro atoms. The topological polar surface area (TPSA) is 32.3 Å². The van der Waals surface area contributed by atoms with Gasteiger partial charge in [-0.05, 0) is 29.8 Å². The molecule has 2 aromatic carbocycles. The molecule has 0 aliphatic rings. The molecular weight excluding hydrogens is 278 g/mol. The molecule has 2 rings (SSSR count). The highest BCUT2D eigenvalue weighted by molar-refractivity contribution is 9.10. The van der Waals surface area contributed by atoms with Gasteiger partial charge in [-0.25, -0.2) is 0 Å². The van der Waals surface area contributed by atoms with E-state index in [9.17, 15) is 5.11 Å². The minimum absolute atomic E-state index is 0.497. The van der Waals surface area contributed by atoms with Gasteiger partial charge < -0.3 is 10.4 Å². The monoisotopic (exact) mass is 291 g/mol. The Balaban J connectivity index is 1.93. The lowest BCUT2D eigenvalue weighted by Crippen LogP contribution is -2.11. The van der Waals surface area contributed by atoms with Gasteiger partial charge in [0, 0.05) is 16.7 Å². The number of halogens is 1. The van der Waals surface area contributed by atoms with E-state index in [0.29, 0.717) is 6.54 Å². The molecule has 1 atom stereocenters. The van der Waals surface area contributed by atoms with Crippen LogP contribution in [0.25, 0.3) is 0 Å². The van der Waals surface area contributed by atoms with E-state index in [-0.39, 0.29) is 0 Å². The zero-order chi connectivity index (χ0) is 12.1. The average molecular weight is 292 g/mol. The fourth-order valence-electron chi connectivity index (χ4n) is 1.57. The second kappa shape index (κ2) is 5.84. The van der Waals surface area contributed by atoms with Gasteiger partial charge in [0.1, 0.15) is 0 Å². The van der Waals surface area contributed by atoms with E-state index in [0.717, 1.165) is 15.7 Å². The summed E-state index contributed by atoms with van der Waals surface area (Å²) in [6.45, 7) is 0.506. The maximum absolute atomic E-state index is 9.99. The number of benzene rings is 2. The minimum atomic E-state index is -0.497. The quantitative estimate of drug-likeness (QED) is 0.902. The average Bonchev–Trinajstić information content (AvgIpc) is 2.38. The minimum Gasteiger partial charge on any atom is -0.387 e. The Bertz CT molecular complexity index is 455. The zero-order valence-electron chi connectivity index (χ0n) is 9.31. The molecular formula is C14H14BrNO. The SMILES string of the molecule is OC(CNc1ccccc1)c1ccc(Br)cc1. The molecule has 0 bridgehead atoms. The first-order valence-corrected chi connectivity index (χ1v) is 6.27. The van der Waals surface area contributed by atoms with E-state index >= 15 is 0 Å². The van der Waals surface area contributed by atoms with Crippen LogP contribution in [0.4, 0.5) is 5.69 Å². The normalized spacial score (nSPS) is 12.1. The van der Waals surface area contributed by atoms with E-state index in [1.807, 2.05) is 54.6 Å². The summed E-state index contributed by atoms with van der Waals surface area (Å²) in [6.07, 6.45) is -0.497. The number of hydrogen-bond donors (Lipinski definition) is 2. The Hall–Kier alpha value is -1.32. The number of rotatable bonds is 4. The number of para-hydroxylation sites is 1. The molecule has 0 radical (unpaired) electrons. The molecule has 0 amide bonds. The lowest BCUT2D eigenvalue weighted by molar-refractivity contribution is 0.191. The number of anilines is 1. The molecule has 17 heavy (non-hydrogen) atoms. The van der Waals surface area contributed by atoms with Crippen LogP contribution in [0.2, 0.25) is 0 Å². The van der Waals surface area contributed by atoms with Gasteiger partial charge in [-0.1, -0.05) is 46.3 Å². The summed E-state index contributed by atoms with van der Waals surface area (Å²) in [5.74, 6) is 0. The molecule has 0 saturated carbocycles. The van der Waals surface area contributed by atoms with E-state index in [2.05, 4.69) is 21.2 Å². The zero-order valence-corrected chi connectivity index (χ0v) is 10.9. The van der Waals surface area contributed by atoms with E-state index in [4.69, 9.17) is 0 Å². The number of aliphatic hydroxyl groups excluding tert-OH is 1.